The Morgan fingerprint density at radius 1 is 1.45 bits per heavy atom. The summed E-state index contributed by atoms with van der Waals surface area (Å²) in [5, 5.41) is 14.5. The Kier molecular flexibility index (Phi) is 4.34. The van der Waals surface area contributed by atoms with Crippen molar-refractivity contribution >= 4 is 17.7 Å². The molecule has 1 aromatic heterocycles. The Morgan fingerprint density at radius 2 is 2.20 bits per heavy atom. The second kappa shape index (κ2) is 6.00. The molecule has 0 unspecified atom stereocenters. The van der Waals surface area contributed by atoms with Crippen LogP contribution >= 0.6 is 11.8 Å². The average molecular weight is 292 g/mol. The number of aromatic nitrogens is 2. The molecular weight excluding hydrogens is 276 g/mol. The number of carboxylic acid groups (broad SMARTS) is 1. The molecule has 0 saturated carbocycles. The third-order valence-corrected chi connectivity index (χ3v) is 4.00. The molecule has 6 heteroatoms. The topological polar surface area (TPSA) is 64.4 Å². The van der Waals surface area contributed by atoms with Crippen molar-refractivity contribution < 1.29 is 14.6 Å². The zero-order chi connectivity index (χ0) is 14.7. The number of carbonyl (C=O) groups is 1. The minimum Gasteiger partial charge on any atom is -0.496 e. The lowest BCUT2D eigenvalue weighted by atomic mass is 10.1. The van der Waals surface area contributed by atoms with Crippen molar-refractivity contribution in [2.24, 2.45) is 7.05 Å². The van der Waals surface area contributed by atoms with Gasteiger partial charge in [0.1, 0.15) is 11.3 Å². The van der Waals surface area contributed by atoms with Crippen LogP contribution in [0.2, 0.25) is 0 Å². The molecular formula is C14H16N2O3S. The zero-order valence-corrected chi connectivity index (χ0v) is 12.4. The lowest BCUT2D eigenvalue weighted by molar-refractivity contribution is 0.0693. The minimum absolute atomic E-state index is 0.187. The summed E-state index contributed by atoms with van der Waals surface area (Å²) in [5.74, 6) is 0.0798. The van der Waals surface area contributed by atoms with Gasteiger partial charge in [0.15, 0.2) is 0 Å². The molecule has 106 valence electrons. The molecule has 0 bridgehead atoms. The van der Waals surface area contributed by atoms with Gasteiger partial charge in [0.2, 0.25) is 0 Å². The summed E-state index contributed by atoms with van der Waals surface area (Å²) in [6.45, 7) is 1.94. The molecule has 0 atom stereocenters. The molecule has 1 aromatic carbocycles. The van der Waals surface area contributed by atoms with Crippen LogP contribution in [0.4, 0.5) is 0 Å². The predicted octanol–water partition coefficient (Wildman–Crippen LogP) is 2.73. The fraction of sp³-hybridized carbons (Fsp3) is 0.286. The van der Waals surface area contributed by atoms with Crippen molar-refractivity contribution in [3.05, 3.63) is 41.1 Å². The van der Waals surface area contributed by atoms with Crippen LogP contribution in [0, 0.1) is 6.92 Å². The Hall–Kier alpha value is -1.95. The van der Waals surface area contributed by atoms with Gasteiger partial charge in [-0.25, -0.2) is 4.79 Å². The van der Waals surface area contributed by atoms with E-state index in [0.717, 1.165) is 16.3 Å². The summed E-state index contributed by atoms with van der Waals surface area (Å²) in [7, 11) is 3.36. The highest BCUT2D eigenvalue weighted by Crippen LogP contribution is 2.26. The third kappa shape index (κ3) is 3.14. The first-order valence-corrected chi connectivity index (χ1v) is 7.03. The molecule has 0 aliphatic rings. The number of ether oxygens (including phenoxy) is 1. The first kappa shape index (κ1) is 14.5. The van der Waals surface area contributed by atoms with E-state index < -0.39 is 5.97 Å². The number of carboxylic acids is 1. The third-order valence-electron chi connectivity index (χ3n) is 2.84. The lowest BCUT2D eigenvalue weighted by Gasteiger charge is -2.07. The molecule has 0 radical (unpaired) electrons. The number of rotatable bonds is 5. The lowest BCUT2D eigenvalue weighted by Crippen LogP contribution is -2.01. The van der Waals surface area contributed by atoms with Gasteiger partial charge in [-0.3, -0.25) is 4.68 Å². The monoisotopic (exact) mass is 292 g/mol. The van der Waals surface area contributed by atoms with E-state index in [4.69, 9.17) is 9.84 Å². The van der Waals surface area contributed by atoms with Crippen LogP contribution in [-0.2, 0) is 12.8 Å². The fourth-order valence-corrected chi connectivity index (χ4v) is 2.87. The molecule has 5 nitrogen and oxygen atoms in total. The summed E-state index contributed by atoms with van der Waals surface area (Å²) in [5.41, 5.74) is 2.09. The minimum atomic E-state index is -0.981. The van der Waals surface area contributed by atoms with Gasteiger partial charge in [-0.1, -0.05) is 6.07 Å². The molecule has 0 aliphatic carbocycles. The maximum atomic E-state index is 11.2. The highest BCUT2D eigenvalue weighted by atomic mass is 32.2. The van der Waals surface area contributed by atoms with Gasteiger partial charge in [-0.15, -0.1) is 11.8 Å². The Balaban J connectivity index is 2.16. The number of aromatic carboxylic acids is 1. The number of aryl methyl sites for hydroxylation is 2. The van der Waals surface area contributed by atoms with E-state index >= 15 is 0 Å². The predicted molar refractivity (Wildman–Crippen MR) is 77.5 cm³/mol. The molecule has 0 amide bonds. The van der Waals surface area contributed by atoms with E-state index in [1.165, 1.54) is 7.11 Å². The number of methoxy groups -OCH3 is 1. The summed E-state index contributed by atoms with van der Waals surface area (Å²) < 4.78 is 6.87. The molecule has 0 aliphatic heterocycles. The van der Waals surface area contributed by atoms with Crippen LogP contribution in [-0.4, -0.2) is 28.0 Å². The van der Waals surface area contributed by atoms with Crippen LogP contribution in [0.5, 0.6) is 5.75 Å². The van der Waals surface area contributed by atoms with Crippen molar-refractivity contribution in [3.8, 4) is 5.75 Å². The molecule has 2 aromatic rings. The van der Waals surface area contributed by atoms with E-state index in [1.807, 2.05) is 30.8 Å². The van der Waals surface area contributed by atoms with Gasteiger partial charge >= 0.3 is 5.97 Å². The van der Waals surface area contributed by atoms with Crippen LogP contribution < -0.4 is 4.74 Å². The van der Waals surface area contributed by atoms with E-state index in [9.17, 15) is 4.79 Å². The van der Waals surface area contributed by atoms with Crippen molar-refractivity contribution in [2.75, 3.05) is 7.11 Å². The van der Waals surface area contributed by atoms with Gasteiger partial charge in [0.05, 0.1) is 17.8 Å². The second-order valence-electron chi connectivity index (χ2n) is 4.38. The average Bonchev–Trinajstić information content (AvgIpc) is 2.74. The highest BCUT2D eigenvalue weighted by molar-refractivity contribution is 7.98. The van der Waals surface area contributed by atoms with Crippen LogP contribution in [0.25, 0.3) is 0 Å². The van der Waals surface area contributed by atoms with Gasteiger partial charge in [0.25, 0.3) is 0 Å². The van der Waals surface area contributed by atoms with E-state index in [0.29, 0.717) is 11.5 Å². The van der Waals surface area contributed by atoms with Crippen molar-refractivity contribution in [1.82, 2.24) is 9.78 Å². The van der Waals surface area contributed by atoms with Crippen molar-refractivity contribution in [1.29, 1.82) is 0 Å². The maximum Gasteiger partial charge on any atom is 0.339 e. The largest absolute Gasteiger partial charge is 0.496 e. The molecule has 0 spiro atoms. The number of benzene rings is 1. The van der Waals surface area contributed by atoms with Gasteiger partial charge in [-0.2, -0.15) is 5.10 Å². The first-order chi connectivity index (χ1) is 9.51. The number of hydrogen-bond donors (Lipinski definition) is 1. The normalized spacial score (nSPS) is 10.6. The Morgan fingerprint density at radius 3 is 2.75 bits per heavy atom. The summed E-state index contributed by atoms with van der Waals surface area (Å²) in [6, 6.07) is 7.22. The first-order valence-electron chi connectivity index (χ1n) is 6.05. The second-order valence-corrected chi connectivity index (χ2v) is 5.37. The Labute approximate surface area is 121 Å². The van der Waals surface area contributed by atoms with Gasteiger partial charge in [0, 0.05) is 12.8 Å². The van der Waals surface area contributed by atoms with Gasteiger partial charge < -0.3 is 9.84 Å². The van der Waals surface area contributed by atoms with Gasteiger partial charge in [-0.05, 0) is 30.7 Å². The molecule has 1 heterocycles. The van der Waals surface area contributed by atoms with E-state index in [2.05, 4.69) is 5.10 Å². The molecule has 0 saturated heterocycles. The molecule has 20 heavy (non-hydrogen) atoms. The van der Waals surface area contributed by atoms with Crippen LogP contribution in [0.3, 0.4) is 0 Å². The maximum absolute atomic E-state index is 11.2. The summed E-state index contributed by atoms with van der Waals surface area (Å²) >= 11 is 1.62. The Bertz CT molecular complexity index is 637. The molecule has 2 rings (SSSR count). The quantitative estimate of drug-likeness (QED) is 0.858. The number of hydrogen-bond acceptors (Lipinski definition) is 4. The fourth-order valence-electron chi connectivity index (χ4n) is 1.89. The zero-order valence-electron chi connectivity index (χ0n) is 11.6. The number of nitrogens with zero attached hydrogens (tertiary/aromatic N) is 2. The smallest absolute Gasteiger partial charge is 0.339 e. The van der Waals surface area contributed by atoms with Crippen molar-refractivity contribution in [2.45, 2.75) is 17.7 Å². The standard InChI is InChI=1S/C14H16N2O3S/c1-9-6-13(16(2)15-9)20-8-10-4-5-12(19-3)11(7-10)14(17)18/h4-7H,8H2,1-3H3,(H,17,18). The van der Waals surface area contributed by atoms with Crippen molar-refractivity contribution in [3.63, 3.8) is 0 Å². The molecule has 1 N–H and O–H groups in total. The molecule has 0 fully saturated rings. The number of thioether (sulfide) groups is 1. The highest BCUT2D eigenvalue weighted by Gasteiger charge is 2.12. The summed E-state index contributed by atoms with van der Waals surface area (Å²) in [6.07, 6.45) is 0. The van der Waals surface area contributed by atoms with Crippen LogP contribution in [0.1, 0.15) is 21.6 Å². The van der Waals surface area contributed by atoms with Crippen LogP contribution in [0.15, 0.2) is 29.3 Å². The van der Waals surface area contributed by atoms with E-state index in [1.54, 1.807) is 23.9 Å². The summed E-state index contributed by atoms with van der Waals surface area (Å²) in [4.78, 5) is 11.2. The van der Waals surface area contributed by atoms with E-state index in [-0.39, 0.29) is 5.56 Å². The SMILES string of the molecule is COc1ccc(CSc2cc(C)nn2C)cc1C(=O)O.